The van der Waals surface area contributed by atoms with Crippen LogP contribution in [0, 0.1) is 0 Å². The molecule has 0 aliphatic rings. The van der Waals surface area contributed by atoms with Gasteiger partial charge in [0.1, 0.15) is 0 Å². The van der Waals surface area contributed by atoms with Crippen LogP contribution in [0.3, 0.4) is 0 Å². The van der Waals surface area contributed by atoms with Crippen molar-refractivity contribution in [2.75, 3.05) is 6.54 Å². The fourth-order valence-electron chi connectivity index (χ4n) is 1.48. The van der Waals surface area contributed by atoms with Crippen LogP contribution in [0.4, 0.5) is 0 Å². The van der Waals surface area contributed by atoms with Crippen LogP contribution in [0.1, 0.15) is 11.3 Å². The van der Waals surface area contributed by atoms with Crippen molar-refractivity contribution >= 4 is 0 Å². The molecule has 2 aromatic heterocycles. The molecule has 2 heterocycles. The first-order valence-corrected chi connectivity index (χ1v) is 5.17. The third-order valence-corrected chi connectivity index (χ3v) is 2.29. The molecule has 0 saturated heterocycles. The number of nitrogens with one attached hydrogen (secondary N) is 2. The summed E-state index contributed by atoms with van der Waals surface area (Å²) in [6, 6.07) is 8.17. The summed E-state index contributed by atoms with van der Waals surface area (Å²) in [6.45, 7) is 1.87. The van der Waals surface area contributed by atoms with Gasteiger partial charge >= 0.3 is 0 Å². The monoisotopic (exact) mass is 201 g/mol. The molecular formula is C12H15N3. The lowest BCUT2D eigenvalue weighted by molar-refractivity contribution is 0.676. The number of aromatic amines is 1. The molecule has 3 heteroatoms. The number of aromatic nitrogens is 2. The van der Waals surface area contributed by atoms with Crippen molar-refractivity contribution in [2.24, 2.45) is 0 Å². The quantitative estimate of drug-likeness (QED) is 0.723. The summed E-state index contributed by atoms with van der Waals surface area (Å²) in [5, 5.41) is 3.38. The zero-order valence-electron chi connectivity index (χ0n) is 8.61. The maximum Gasteiger partial charge on any atom is 0.0357 e. The van der Waals surface area contributed by atoms with Gasteiger partial charge < -0.3 is 10.3 Å². The first kappa shape index (κ1) is 9.93. The maximum absolute atomic E-state index is 4.08. The Morgan fingerprint density at radius 1 is 1.27 bits per heavy atom. The van der Waals surface area contributed by atoms with Gasteiger partial charge in [-0.3, -0.25) is 4.98 Å². The molecule has 0 spiro atoms. The predicted molar refractivity (Wildman–Crippen MR) is 60.4 cm³/mol. The summed E-state index contributed by atoms with van der Waals surface area (Å²) < 4.78 is 0. The van der Waals surface area contributed by atoms with Gasteiger partial charge in [0.15, 0.2) is 0 Å². The van der Waals surface area contributed by atoms with Gasteiger partial charge in [-0.2, -0.15) is 0 Å². The van der Waals surface area contributed by atoms with E-state index in [0.29, 0.717) is 0 Å². The number of pyridine rings is 1. The van der Waals surface area contributed by atoms with Gasteiger partial charge in [0.05, 0.1) is 0 Å². The SMILES string of the molecule is c1cncc(CCNCc2ccc[nH]2)c1. The van der Waals surface area contributed by atoms with E-state index in [1.807, 2.05) is 24.5 Å². The van der Waals surface area contributed by atoms with Crippen LogP contribution in [0.25, 0.3) is 0 Å². The van der Waals surface area contributed by atoms with Crippen LogP contribution in [0.15, 0.2) is 42.9 Å². The van der Waals surface area contributed by atoms with Crippen molar-refractivity contribution in [2.45, 2.75) is 13.0 Å². The summed E-state index contributed by atoms with van der Waals surface area (Å²) in [4.78, 5) is 7.24. The minimum atomic E-state index is 0.896. The summed E-state index contributed by atoms with van der Waals surface area (Å²) in [5.41, 5.74) is 2.50. The number of hydrogen-bond donors (Lipinski definition) is 2. The normalized spacial score (nSPS) is 10.4. The Balaban J connectivity index is 1.68. The minimum Gasteiger partial charge on any atom is -0.364 e. The lowest BCUT2D eigenvalue weighted by Gasteiger charge is -2.02. The zero-order chi connectivity index (χ0) is 10.3. The Labute approximate surface area is 89.6 Å². The molecule has 78 valence electrons. The van der Waals surface area contributed by atoms with E-state index in [1.54, 1.807) is 6.20 Å². The van der Waals surface area contributed by atoms with Crippen LogP contribution < -0.4 is 5.32 Å². The average Bonchev–Trinajstić information content (AvgIpc) is 2.79. The van der Waals surface area contributed by atoms with Crippen LogP contribution in [0.2, 0.25) is 0 Å². The van der Waals surface area contributed by atoms with E-state index in [-0.39, 0.29) is 0 Å². The van der Waals surface area contributed by atoms with Gasteiger partial charge in [-0.1, -0.05) is 6.07 Å². The third-order valence-electron chi connectivity index (χ3n) is 2.29. The Morgan fingerprint density at radius 3 is 3.00 bits per heavy atom. The van der Waals surface area contributed by atoms with Gasteiger partial charge in [0, 0.05) is 30.8 Å². The van der Waals surface area contributed by atoms with Crippen LogP contribution in [0.5, 0.6) is 0 Å². The van der Waals surface area contributed by atoms with Crippen molar-refractivity contribution in [3.8, 4) is 0 Å². The fraction of sp³-hybridized carbons (Fsp3) is 0.250. The Hall–Kier alpha value is -1.61. The molecule has 0 amide bonds. The maximum atomic E-state index is 4.08. The fourth-order valence-corrected chi connectivity index (χ4v) is 1.48. The van der Waals surface area contributed by atoms with Crippen molar-refractivity contribution < 1.29 is 0 Å². The molecule has 0 atom stereocenters. The molecule has 0 aliphatic carbocycles. The highest BCUT2D eigenvalue weighted by Gasteiger charge is 1.93. The lowest BCUT2D eigenvalue weighted by atomic mass is 10.2. The molecule has 0 aliphatic heterocycles. The van der Waals surface area contributed by atoms with Gasteiger partial charge in [0.25, 0.3) is 0 Å². The molecule has 0 saturated carbocycles. The van der Waals surface area contributed by atoms with E-state index >= 15 is 0 Å². The van der Waals surface area contributed by atoms with Gasteiger partial charge in [-0.05, 0) is 36.7 Å². The molecule has 2 rings (SSSR count). The molecule has 0 radical (unpaired) electrons. The van der Waals surface area contributed by atoms with Gasteiger partial charge in [-0.25, -0.2) is 0 Å². The molecule has 2 aromatic rings. The van der Waals surface area contributed by atoms with Crippen LogP contribution >= 0.6 is 0 Å². The Bertz CT molecular complexity index is 367. The predicted octanol–water partition coefficient (Wildman–Crippen LogP) is 1.74. The van der Waals surface area contributed by atoms with Crippen LogP contribution in [-0.2, 0) is 13.0 Å². The molecule has 0 fully saturated rings. The first-order chi connectivity index (χ1) is 7.45. The van der Waals surface area contributed by atoms with Gasteiger partial charge in [0.2, 0.25) is 0 Å². The minimum absolute atomic E-state index is 0.896. The van der Waals surface area contributed by atoms with E-state index in [4.69, 9.17) is 0 Å². The molecule has 2 N–H and O–H groups in total. The summed E-state index contributed by atoms with van der Waals surface area (Å²) in [7, 11) is 0. The van der Waals surface area contributed by atoms with Crippen molar-refractivity contribution in [3.63, 3.8) is 0 Å². The molecule has 0 bridgehead atoms. The van der Waals surface area contributed by atoms with Crippen molar-refractivity contribution in [1.82, 2.24) is 15.3 Å². The van der Waals surface area contributed by atoms with Crippen molar-refractivity contribution in [3.05, 3.63) is 54.1 Å². The summed E-state index contributed by atoms with van der Waals surface area (Å²) in [5.74, 6) is 0. The molecule has 15 heavy (non-hydrogen) atoms. The topological polar surface area (TPSA) is 40.7 Å². The second-order valence-corrected chi connectivity index (χ2v) is 3.48. The third kappa shape index (κ3) is 3.22. The molecule has 0 unspecified atom stereocenters. The number of nitrogens with zero attached hydrogens (tertiary/aromatic N) is 1. The van der Waals surface area contributed by atoms with E-state index < -0.39 is 0 Å². The highest BCUT2D eigenvalue weighted by molar-refractivity contribution is 5.09. The van der Waals surface area contributed by atoms with E-state index in [2.05, 4.69) is 27.4 Å². The first-order valence-electron chi connectivity index (χ1n) is 5.17. The Kier molecular flexibility index (Phi) is 3.52. The Morgan fingerprint density at radius 2 is 2.27 bits per heavy atom. The van der Waals surface area contributed by atoms with E-state index in [0.717, 1.165) is 19.5 Å². The average molecular weight is 201 g/mol. The van der Waals surface area contributed by atoms with E-state index in [1.165, 1.54) is 11.3 Å². The highest BCUT2D eigenvalue weighted by atomic mass is 14.9. The number of rotatable bonds is 5. The van der Waals surface area contributed by atoms with Crippen molar-refractivity contribution in [1.29, 1.82) is 0 Å². The van der Waals surface area contributed by atoms with Crippen LogP contribution in [-0.4, -0.2) is 16.5 Å². The standard InChI is InChI=1S/C12H15N3/c1-3-11(9-13-6-1)5-8-14-10-12-4-2-7-15-12/h1-4,6-7,9,14-15H,5,8,10H2. The molecular weight excluding hydrogens is 186 g/mol. The lowest BCUT2D eigenvalue weighted by Crippen LogP contribution is -2.16. The molecule has 0 aromatic carbocycles. The summed E-state index contributed by atoms with van der Waals surface area (Å²) >= 11 is 0. The molecule has 3 nitrogen and oxygen atoms in total. The number of H-pyrrole nitrogens is 1. The smallest absolute Gasteiger partial charge is 0.0357 e. The van der Waals surface area contributed by atoms with E-state index in [9.17, 15) is 0 Å². The second kappa shape index (κ2) is 5.32. The second-order valence-electron chi connectivity index (χ2n) is 3.48. The summed E-state index contributed by atoms with van der Waals surface area (Å²) in [6.07, 6.45) is 6.68. The van der Waals surface area contributed by atoms with Gasteiger partial charge in [-0.15, -0.1) is 0 Å². The highest BCUT2D eigenvalue weighted by Crippen LogP contribution is 1.96. The zero-order valence-corrected chi connectivity index (χ0v) is 8.61. The largest absolute Gasteiger partial charge is 0.364 e. The number of hydrogen-bond acceptors (Lipinski definition) is 2.